The average molecular weight is 655 g/mol. The van der Waals surface area contributed by atoms with Gasteiger partial charge in [0.15, 0.2) is 0 Å². The predicted molar refractivity (Wildman–Crippen MR) is 181 cm³/mol. The van der Waals surface area contributed by atoms with Crippen LogP contribution in [0, 0.1) is 0 Å². The Hall–Kier alpha value is -5.06. The van der Waals surface area contributed by atoms with Crippen LogP contribution >= 0.6 is 0 Å². The van der Waals surface area contributed by atoms with Crippen molar-refractivity contribution in [3.8, 4) is 5.88 Å². The third-order valence-corrected chi connectivity index (χ3v) is 7.68. The Morgan fingerprint density at radius 1 is 0.875 bits per heavy atom. The summed E-state index contributed by atoms with van der Waals surface area (Å²) in [5.41, 5.74) is 1.97. The standard InChI is InChI=1S/C38H42N2O8/c1-29(41)46-25-26-47-34(23-24-40-27-30(36(45-3)39-37(40)43)15-13-14-22-35(42)44-2)28-48-38(31-16-7-4-8-17-31,32-18-9-5-10-19-32)33-20-11-6-12-21-33/h4-13,15-21,27,34H,14,22-26,28H2,1-3H3/b15-13+/t34-/m0/s1. The van der Waals surface area contributed by atoms with Crippen molar-refractivity contribution in [2.45, 2.75) is 44.4 Å². The molecule has 4 rings (SSSR count). The van der Waals surface area contributed by atoms with Crippen LogP contribution in [0.15, 0.2) is 108 Å². The molecule has 48 heavy (non-hydrogen) atoms. The summed E-state index contributed by atoms with van der Waals surface area (Å²) in [6.45, 7) is 1.98. The first-order valence-corrected chi connectivity index (χ1v) is 15.8. The molecule has 0 unspecified atom stereocenters. The Balaban J connectivity index is 1.63. The van der Waals surface area contributed by atoms with E-state index in [1.54, 1.807) is 18.3 Å². The van der Waals surface area contributed by atoms with Crippen molar-refractivity contribution in [1.29, 1.82) is 0 Å². The lowest BCUT2D eigenvalue weighted by Gasteiger charge is -2.37. The van der Waals surface area contributed by atoms with Crippen LogP contribution in [-0.2, 0) is 40.7 Å². The molecule has 252 valence electrons. The fourth-order valence-electron chi connectivity index (χ4n) is 5.33. The summed E-state index contributed by atoms with van der Waals surface area (Å²) in [5, 5.41) is 0. The molecule has 0 saturated carbocycles. The average Bonchev–Trinajstić information content (AvgIpc) is 3.12. The SMILES string of the molecule is COC(=O)CC/C=C/c1cn(CC[C@@H](COC(c2ccccc2)(c2ccccc2)c2ccccc2)OCCOC(C)=O)c(=O)nc1OC. The molecule has 1 aromatic heterocycles. The molecule has 0 aliphatic carbocycles. The van der Waals surface area contributed by atoms with Gasteiger partial charge in [0.05, 0.1) is 39.1 Å². The normalized spacial score (nSPS) is 12.1. The monoisotopic (exact) mass is 654 g/mol. The Labute approximate surface area is 280 Å². The van der Waals surface area contributed by atoms with Crippen molar-refractivity contribution in [2.75, 3.05) is 34.0 Å². The van der Waals surface area contributed by atoms with Gasteiger partial charge in [-0.1, -0.05) is 103 Å². The van der Waals surface area contributed by atoms with Gasteiger partial charge in [0.1, 0.15) is 12.2 Å². The molecule has 0 aliphatic heterocycles. The number of benzene rings is 3. The van der Waals surface area contributed by atoms with Gasteiger partial charge >= 0.3 is 17.6 Å². The molecular formula is C38H42N2O8. The summed E-state index contributed by atoms with van der Waals surface area (Å²) >= 11 is 0. The van der Waals surface area contributed by atoms with E-state index in [0.29, 0.717) is 18.4 Å². The fraction of sp³-hybridized carbons (Fsp3) is 0.316. The first-order valence-electron chi connectivity index (χ1n) is 15.8. The first kappa shape index (κ1) is 35.8. The Kier molecular flexibility index (Phi) is 13.7. The number of aromatic nitrogens is 2. The van der Waals surface area contributed by atoms with Crippen LogP contribution in [0.3, 0.4) is 0 Å². The van der Waals surface area contributed by atoms with E-state index in [9.17, 15) is 14.4 Å². The highest BCUT2D eigenvalue weighted by Crippen LogP contribution is 2.40. The summed E-state index contributed by atoms with van der Waals surface area (Å²) in [5.74, 6) is -0.528. The van der Waals surface area contributed by atoms with Gasteiger partial charge in [-0.3, -0.25) is 14.2 Å². The van der Waals surface area contributed by atoms with Crippen LogP contribution in [0.2, 0.25) is 0 Å². The van der Waals surface area contributed by atoms with Crippen molar-refractivity contribution in [1.82, 2.24) is 9.55 Å². The van der Waals surface area contributed by atoms with Gasteiger partial charge in [-0.05, 0) is 29.5 Å². The van der Waals surface area contributed by atoms with Crippen LogP contribution < -0.4 is 10.4 Å². The maximum Gasteiger partial charge on any atom is 0.350 e. The summed E-state index contributed by atoms with van der Waals surface area (Å²) in [6.07, 6.45) is 5.80. The third-order valence-electron chi connectivity index (χ3n) is 7.68. The lowest BCUT2D eigenvalue weighted by atomic mass is 9.80. The molecule has 10 heteroatoms. The quantitative estimate of drug-likeness (QED) is 0.0772. The van der Waals surface area contributed by atoms with Crippen LogP contribution in [0.1, 0.15) is 48.4 Å². The van der Waals surface area contributed by atoms with Crippen LogP contribution in [0.4, 0.5) is 0 Å². The van der Waals surface area contributed by atoms with E-state index in [-0.39, 0.29) is 44.6 Å². The van der Waals surface area contributed by atoms with E-state index in [2.05, 4.69) is 4.98 Å². The lowest BCUT2D eigenvalue weighted by Crippen LogP contribution is -2.37. The largest absolute Gasteiger partial charge is 0.480 e. The number of hydrogen-bond donors (Lipinski definition) is 0. The smallest absolute Gasteiger partial charge is 0.350 e. The second kappa shape index (κ2) is 18.3. The number of nitrogens with zero attached hydrogens (tertiary/aromatic N) is 2. The van der Waals surface area contributed by atoms with Crippen molar-refractivity contribution >= 4 is 18.0 Å². The second-order valence-electron chi connectivity index (χ2n) is 10.9. The highest BCUT2D eigenvalue weighted by Gasteiger charge is 2.38. The number of ether oxygens (including phenoxy) is 5. The number of allylic oxidation sites excluding steroid dienone is 1. The highest BCUT2D eigenvalue weighted by atomic mass is 16.6. The molecule has 0 N–H and O–H groups in total. The molecule has 1 heterocycles. The van der Waals surface area contributed by atoms with E-state index in [0.717, 1.165) is 16.7 Å². The van der Waals surface area contributed by atoms with Gasteiger partial charge in [-0.25, -0.2) is 4.79 Å². The molecule has 4 aromatic rings. The van der Waals surface area contributed by atoms with Crippen molar-refractivity contribution in [3.63, 3.8) is 0 Å². The molecule has 0 saturated heterocycles. The zero-order valence-electron chi connectivity index (χ0n) is 27.6. The highest BCUT2D eigenvalue weighted by molar-refractivity contribution is 5.69. The number of carbonyl (C=O) groups excluding carboxylic acids is 2. The molecular weight excluding hydrogens is 612 g/mol. The number of carbonyl (C=O) groups is 2. The van der Waals surface area contributed by atoms with Gasteiger partial charge in [0, 0.05) is 26.1 Å². The van der Waals surface area contributed by atoms with Gasteiger partial charge in [0.25, 0.3) is 0 Å². The van der Waals surface area contributed by atoms with Crippen LogP contribution in [0.25, 0.3) is 6.08 Å². The Morgan fingerprint density at radius 2 is 1.46 bits per heavy atom. The van der Waals surface area contributed by atoms with Crippen molar-refractivity contribution in [2.24, 2.45) is 0 Å². The fourth-order valence-corrected chi connectivity index (χ4v) is 5.33. The van der Waals surface area contributed by atoms with Crippen LogP contribution in [0.5, 0.6) is 5.88 Å². The van der Waals surface area contributed by atoms with Gasteiger partial charge in [-0.15, -0.1) is 0 Å². The van der Waals surface area contributed by atoms with E-state index in [1.807, 2.05) is 91.0 Å². The molecule has 0 amide bonds. The van der Waals surface area contributed by atoms with Crippen molar-refractivity contribution in [3.05, 3.63) is 136 Å². The maximum absolute atomic E-state index is 13.0. The Morgan fingerprint density at radius 3 is 1.98 bits per heavy atom. The summed E-state index contributed by atoms with van der Waals surface area (Å²) in [6, 6.07) is 30.0. The molecule has 0 radical (unpaired) electrons. The van der Waals surface area contributed by atoms with Crippen molar-refractivity contribution < 1.29 is 33.3 Å². The first-order chi connectivity index (χ1) is 23.4. The molecule has 10 nitrogen and oxygen atoms in total. The van der Waals surface area contributed by atoms with E-state index in [1.165, 1.54) is 25.7 Å². The zero-order chi connectivity index (χ0) is 34.2. The Bertz CT molecular complexity index is 1580. The number of aryl methyl sites for hydroxylation is 1. The van der Waals surface area contributed by atoms with E-state index >= 15 is 0 Å². The molecule has 0 fully saturated rings. The minimum Gasteiger partial charge on any atom is -0.480 e. The maximum atomic E-state index is 13.0. The van der Waals surface area contributed by atoms with E-state index < -0.39 is 23.4 Å². The van der Waals surface area contributed by atoms with Gasteiger partial charge in [0.2, 0.25) is 5.88 Å². The molecule has 3 aromatic carbocycles. The topological polar surface area (TPSA) is 115 Å². The second-order valence-corrected chi connectivity index (χ2v) is 10.9. The summed E-state index contributed by atoms with van der Waals surface area (Å²) < 4.78 is 29.9. The summed E-state index contributed by atoms with van der Waals surface area (Å²) in [4.78, 5) is 40.0. The lowest BCUT2D eigenvalue weighted by molar-refractivity contribution is -0.144. The molecule has 0 spiro atoms. The minimum absolute atomic E-state index is 0.0809. The number of hydrogen-bond acceptors (Lipinski definition) is 9. The zero-order valence-corrected chi connectivity index (χ0v) is 27.6. The molecule has 1 atom stereocenters. The number of methoxy groups -OCH3 is 2. The van der Waals surface area contributed by atoms with Gasteiger partial charge < -0.3 is 23.7 Å². The molecule has 0 bridgehead atoms. The van der Waals surface area contributed by atoms with Gasteiger partial charge in [-0.2, -0.15) is 4.98 Å². The van der Waals surface area contributed by atoms with E-state index in [4.69, 9.17) is 23.7 Å². The third kappa shape index (κ3) is 9.73. The predicted octanol–water partition coefficient (Wildman–Crippen LogP) is 5.57. The number of rotatable bonds is 18. The minimum atomic E-state index is -0.970. The van der Waals surface area contributed by atoms with Crippen LogP contribution in [-0.4, -0.2) is 61.6 Å². The molecule has 0 aliphatic rings. The summed E-state index contributed by atoms with van der Waals surface area (Å²) in [7, 11) is 2.79. The number of esters is 2.